The van der Waals surface area contributed by atoms with Gasteiger partial charge in [0.15, 0.2) is 0 Å². The zero-order chi connectivity index (χ0) is 33.3. The molecule has 2 aromatic carbocycles. The topological polar surface area (TPSA) is 133 Å². The molecule has 2 aliphatic heterocycles. The van der Waals surface area contributed by atoms with Crippen LogP contribution < -0.4 is 4.90 Å². The van der Waals surface area contributed by atoms with Gasteiger partial charge in [0.1, 0.15) is 17.3 Å². The molecule has 3 fully saturated rings. The normalized spacial score (nSPS) is 28.6. The van der Waals surface area contributed by atoms with Crippen molar-refractivity contribution in [3.05, 3.63) is 75.3 Å². The van der Waals surface area contributed by atoms with E-state index in [0.717, 1.165) is 20.5 Å². The van der Waals surface area contributed by atoms with Crippen LogP contribution in [0, 0.1) is 36.0 Å². The highest BCUT2D eigenvalue weighted by atomic mass is 35.5. The number of phenols is 1. The smallest absolute Gasteiger partial charge is 0.257 e. The highest BCUT2D eigenvalue weighted by Crippen LogP contribution is 2.64. The maximum absolute atomic E-state index is 14.8. The van der Waals surface area contributed by atoms with Crippen LogP contribution in [0.2, 0.25) is 10.0 Å². The molecule has 4 heterocycles. The van der Waals surface area contributed by atoms with Gasteiger partial charge in [-0.1, -0.05) is 34.9 Å². The number of hydrogen-bond acceptors (Lipinski definition) is 8. The number of carbonyl (C=O) groups excluding carboxylic acids is 4. The summed E-state index contributed by atoms with van der Waals surface area (Å²) in [6, 6.07) is 12.0. The molecule has 8 rings (SSSR count). The number of thiophene rings is 1. The molecule has 2 N–H and O–H groups in total. The van der Waals surface area contributed by atoms with Crippen LogP contribution in [-0.4, -0.2) is 48.8 Å². The molecule has 0 bridgehead atoms. The fourth-order valence-electron chi connectivity index (χ4n) is 8.53. The third-order valence-electron chi connectivity index (χ3n) is 10.8. The van der Waals surface area contributed by atoms with Gasteiger partial charge in [-0.05, 0) is 80.0 Å². The Balaban J connectivity index is 1.27. The van der Waals surface area contributed by atoms with Gasteiger partial charge in [0, 0.05) is 39.3 Å². The lowest BCUT2D eigenvalue weighted by atomic mass is 9.51. The van der Waals surface area contributed by atoms with Crippen LogP contribution in [-0.2, 0) is 26.2 Å². The van der Waals surface area contributed by atoms with Crippen LogP contribution in [0.4, 0.5) is 5.82 Å². The number of anilines is 1. The number of halogens is 2. The largest absolute Gasteiger partial charge is 0.508 e. The number of phenolic OH excluding ortho intramolecular Hbond substituents is 1. The Morgan fingerprint density at radius 2 is 1.70 bits per heavy atom. The van der Waals surface area contributed by atoms with E-state index in [-0.39, 0.29) is 29.5 Å². The second-order valence-electron chi connectivity index (χ2n) is 13.1. The number of hydroxylamine groups is 2. The Kier molecular flexibility index (Phi) is 6.60. The van der Waals surface area contributed by atoms with Crippen molar-refractivity contribution in [1.82, 2.24) is 14.8 Å². The summed E-state index contributed by atoms with van der Waals surface area (Å²) in [5, 5.41) is 28.3. The number of benzene rings is 2. The summed E-state index contributed by atoms with van der Waals surface area (Å²) in [7, 11) is 1.68. The first-order chi connectivity index (χ1) is 22.3. The second-order valence-corrected chi connectivity index (χ2v) is 15.0. The van der Waals surface area contributed by atoms with Crippen LogP contribution in [0.5, 0.6) is 5.75 Å². The number of hydrogen-bond donors (Lipinski definition) is 2. The number of nitrogens with zero attached hydrogens (tertiary/aromatic N) is 4. The average molecular weight is 692 g/mol. The van der Waals surface area contributed by atoms with Crippen molar-refractivity contribution in [3.63, 3.8) is 0 Å². The Morgan fingerprint density at radius 1 is 0.979 bits per heavy atom. The van der Waals surface area contributed by atoms with E-state index in [1.54, 1.807) is 37.4 Å². The molecule has 4 aromatic rings. The van der Waals surface area contributed by atoms with Gasteiger partial charge in [-0.3, -0.25) is 29.1 Å². The van der Waals surface area contributed by atoms with Crippen LogP contribution in [0.15, 0.2) is 54.1 Å². The number of carbonyl (C=O) groups is 4. The standard InChI is InChI=1S/C34H28Cl2N4O6S/c1-14-19-10-16(36)5-9-25(19)47-29(14)23-13-26(38(3)37-23)39-31(43)22-12-20-17(6-7-18-27(20)32(44)40(46)30(18)42)28(34(22,2)33(39)45)21-11-15(35)4-8-24(21)41/h4-6,8-11,13,18,20,22,27-28,41,46H,7,12H2,1-3H3/t18-,20+,22-,27-,28+,34+/m0/s1. The molecule has 2 aromatic heterocycles. The lowest BCUT2D eigenvalue weighted by molar-refractivity contribution is -0.173. The minimum absolute atomic E-state index is 0.107. The summed E-state index contributed by atoms with van der Waals surface area (Å²) in [6.07, 6.45) is 2.12. The van der Waals surface area contributed by atoms with Crippen molar-refractivity contribution in [2.75, 3.05) is 4.90 Å². The molecule has 4 amide bonds. The molecule has 2 aliphatic carbocycles. The highest BCUT2D eigenvalue weighted by molar-refractivity contribution is 7.22. The molecule has 1 saturated carbocycles. The lowest BCUT2D eigenvalue weighted by Gasteiger charge is -2.49. The number of imide groups is 2. The van der Waals surface area contributed by atoms with Crippen LogP contribution >= 0.6 is 34.5 Å². The predicted molar refractivity (Wildman–Crippen MR) is 175 cm³/mol. The Morgan fingerprint density at radius 3 is 2.47 bits per heavy atom. The molecule has 240 valence electrons. The molecule has 0 unspecified atom stereocenters. The minimum atomic E-state index is -1.38. The average Bonchev–Trinajstić information content (AvgIpc) is 3.70. The first-order valence-electron chi connectivity index (χ1n) is 15.2. The maximum Gasteiger partial charge on any atom is 0.257 e. The van der Waals surface area contributed by atoms with Crippen molar-refractivity contribution in [1.29, 1.82) is 0 Å². The summed E-state index contributed by atoms with van der Waals surface area (Å²) >= 11 is 14.2. The molecule has 4 aliphatic rings. The number of fused-ring (bicyclic) bond motifs is 5. The van der Waals surface area contributed by atoms with E-state index in [9.17, 15) is 29.5 Å². The molecule has 0 radical (unpaired) electrons. The summed E-state index contributed by atoms with van der Waals surface area (Å²) in [5.74, 6) is -6.21. The van der Waals surface area contributed by atoms with E-state index in [0.29, 0.717) is 26.9 Å². The molecule has 10 nitrogen and oxygen atoms in total. The number of rotatable bonds is 3. The van der Waals surface area contributed by atoms with Gasteiger partial charge in [-0.15, -0.1) is 11.3 Å². The van der Waals surface area contributed by atoms with Crippen LogP contribution in [0.3, 0.4) is 0 Å². The number of aryl methyl sites for hydroxylation is 2. The van der Waals surface area contributed by atoms with Gasteiger partial charge in [0.05, 0.1) is 28.0 Å². The summed E-state index contributed by atoms with van der Waals surface area (Å²) in [5.41, 5.74) is 1.22. The fourth-order valence-corrected chi connectivity index (χ4v) is 10.0. The zero-order valence-electron chi connectivity index (χ0n) is 25.4. The lowest BCUT2D eigenvalue weighted by Crippen LogP contribution is -2.48. The molecule has 2 saturated heterocycles. The second kappa shape index (κ2) is 10.2. The van der Waals surface area contributed by atoms with Gasteiger partial charge < -0.3 is 5.11 Å². The van der Waals surface area contributed by atoms with E-state index in [2.05, 4.69) is 0 Å². The summed E-state index contributed by atoms with van der Waals surface area (Å²) in [4.78, 5) is 57.4. The van der Waals surface area contributed by atoms with Crippen molar-refractivity contribution in [2.24, 2.45) is 36.1 Å². The van der Waals surface area contributed by atoms with Crippen LogP contribution in [0.1, 0.15) is 36.8 Å². The van der Waals surface area contributed by atoms with Crippen molar-refractivity contribution >= 4 is 74.1 Å². The van der Waals surface area contributed by atoms with Crippen molar-refractivity contribution in [2.45, 2.75) is 32.6 Å². The monoisotopic (exact) mass is 690 g/mol. The molecular formula is C34H28Cl2N4O6S. The van der Waals surface area contributed by atoms with E-state index in [1.807, 2.05) is 31.2 Å². The quantitative estimate of drug-likeness (QED) is 0.148. The Labute approximate surface area is 282 Å². The molecule has 0 spiro atoms. The third kappa shape index (κ3) is 4.03. The van der Waals surface area contributed by atoms with Crippen LogP contribution in [0.25, 0.3) is 20.7 Å². The first-order valence-corrected chi connectivity index (χ1v) is 16.8. The van der Waals surface area contributed by atoms with Crippen molar-refractivity contribution < 1.29 is 29.5 Å². The molecule has 13 heteroatoms. The number of amides is 4. The predicted octanol–water partition coefficient (Wildman–Crippen LogP) is 6.24. The van der Waals surface area contributed by atoms with Gasteiger partial charge >= 0.3 is 0 Å². The third-order valence-corrected chi connectivity index (χ3v) is 12.5. The molecule has 6 atom stereocenters. The fraction of sp³-hybridized carbons (Fsp3) is 0.324. The summed E-state index contributed by atoms with van der Waals surface area (Å²) in [6.45, 7) is 3.71. The van der Waals surface area contributed by atoms with E-state index >= 15 is 0 Å². The Hall–Kier alpha value is -4.03. The van der Waals surface area contributed by atoms with E-state index in [4.69, 9.17) is 28.3 Å². The number of aromatic hydroxyl groups is 1. The number of aromatic nitrogens is 2. The van der Waals surface area contributed by atoms with Gasteiger partial charge in [0.2, 0.25) is 11.8 Å². The summed E-state index contributed by atoms with van der Waals surface area (Å²) < 4.78 is 2.54. The minimum Gasteiger partial charge on any atom is -0.508 e. The maximum atomic E-state index is 14.8. The molecular weight excluding hydrogens is 663 g/mol. The van der Waals surface area contributed by atoms with Crippen molar-refractivity contribution in [3.8, 4) is 16.3 Å². The SMILES string of the molecule is Cc1c(-c2cc(N3C(=O)[C@@H]4C[C@@H]5C(=CC[C@@H]6C(=O)N(O)C(=O)[C@@H]65)[C@H](c5cc(Cl)ccc5O)[C@]4(C)C3=O)n(C)n2)sc2ccc(Cl)cc12. The first kappa shape index (κ1) is 30.3. The van der Waals surface area contributed by atoms with E-state index in [1.165, 1.54) is 21.7 Å². The number of allylic oxidation sites excluding steroid dienone is 2. The Bertz CT molecular complexity index is 2140. The van der Waals surface area contributed by atoms with E-state index < -0.39 is 58.6 Å². The van der Waals surface area contributed by atoms with Gasteiger partial charge in [0.25, 0.3) is 11.8 Å². The highest BCUT2D eigenvalue weighted by Gasteiger charge is 2.68. The zero-order valence-corrected chi connectivity index (χ0v) is 27.7. The van der Waals surface area contributed by atoms with Gasteiger partial charge in [-0.25, -0.2) is 4.90 Å². The molecule has 47 heavy (non-hydrogen) atoms. The van der Waals surface area contributed by atoms with Gasteiger partial charge in [-0.2, -0.15) is 10.2 Å².